The monoisotopic (exact) mass is 297 g/mol. The predicted molar refractivity (Wildman–Crippen MR) is 86.4 cm³/mol. The highest BCUT2D eigenvalue weighted by Gasteiger charge is 2.28. The van der Waals surface area contributed by atoms with Crippen molar-refractivity contribution in [3.63, 3.8) is 0 Å². The molecule has 5 nitrogen and oxygen atoms in total. The van der Waals surface area contributed by atoms with E-state index in [-0.39, 0.29) is 11.4 Å². The number of hydrogen-bond donors (Lipinski definition) is 1. The number of morpholine rings is 1. The van der Waals surface area contributed by atoms with Gasteiger partial charge in [0, 0.05) is 31.7 Å². The summed E-state index contributed by atoms with van der Waals surface area (Å²) in [5.74, 6) is 0.0828. The Kier molecular flexibility index (Phi) is 7.35. The third-order valence-electron chi connectivity index (χ3n) is 3.89. The van der Waals surface area contributed by atoms with Crippen LogP contribution in [0.15, 0.2) is 12.2 Å². The number of amides is 1. The van der Waals surface area contributed by atoms with E-state index in [4.69, 9.17) is 4.74 Å². The van der Waals surface area contributed by atoms with Gasteiger partial charge in [-0.05, 0) is 27.3 Å². The van der Waals surface area contributed by atoms with Crippen LogP contribution >= 0.6 is 0 Å². The lowest BCUT2D eigenvalue weighted by Crippen LogP contribution is -2.56. The van der Waals surface area contributed by atoms with Crippen LogP contribution in [0.4, 0.5) is 0 Å². The first kappa shape index (κ1) is 18.1. The molecule has 1 aliphatic heterocycles. The topological polar surface area (TPSA) is 44.8 Å². The maximum Gasteiger partial charge on any atom is 0.234 e. The van der Waals surface area contributed by atoms with Crippen LogP contribution in [0.25, 0.3) is 0 Å². The molecule has 1 rings (SSSR count). The zero-order valence-electron chi connectivity index (χ0n) is 14.1. The first-order chi connectivity index (χ1) is 9.85. The van der Waals surface area contributed by atoms with Gasteiger partial charge in [0.15, 0.2) is 0 Å². The smallest absolute Gasteiger partial charge is 0.234 e. The van der Waals surface area contributed by atoms with Crippen molar-refractivity contribution in [1.29, 1.82) is 0 Å². The predicted octanol–water partition coefficient (Wildman–Crippen LogP) is 1.11. The summed E-state index contributed by atoms with van der Waals surface area (Å²) in [4.78, 5) is 16.6. The van der Waals surface area contributed by atoms with Crippen LogP contribution in [0, 0.1) is 0 Å². The van der Waals surface area contributed by atoms with Crippen molar-refractivity contribution in [2.45, 2.75) is 33.2 Å². The Hall–Kier alpha value is -0.910. The summed E-state index contributed by atoms with van der Waals surface area (Å²) in [5, 5.41) is 3.07. The van der Waals surface area contributed by atoms with Crippen LogP contribution in [0.5, 0.6) is 0 Å². The Morgan fingerprint density at radius 3 is 2.48 bits per heavy atom. The van der Waals surface area contributed by atoms with Gasteiger partial charge >= 0.3 is 0 Å². The van der Waals surface area contributed by atoms with Gasteiger partial charge in [-0.25, -0.2) is 0 Å². The van der Waals surface area contributed by atoms with E-state index in [9.17, 15) is 4.79 Å². The van der Waals surface area contributed by atoms with Crippen molar-refractivity contribution < 1.29 is 9.53 Å². The first-order valence-electron chi connectivity index (χ1n) is 7.81. The van der Waals surface area contributed by atoms with E-state index in [0.717, 1.165) is 45.0 Å². The summed E-state index contributed by atoms with van der Waals surface area (Å²) in [6, 6.07) is 0. The number of ether oxygens (including phenoxy) is 1. The molecule has 122 valence electrons. The maximum atomic E-state index is 12.1. The quantitative estimate of drug-likeness (QED) is 0.682. The lowest BCUT2D eigenvalue weighted by atomic mass is 10.0. The molecule has 1 heterocycles. The molecule has 0 aromatic carbocycles. The highest BCUT2D eigenvalue weighted by Crippen LogP contribution is 2.15. The molecule has 1 fully saturated rings. The van der Waals surface area contributed by atoms with Crippen LogP contribution in [0.3, 0.4) is 0 Å². The number of likely N-dealkylation sites (N-methyl/N-ethyl adjacent to an activating group) is 1. The molecule has 0 unspecified atom stereocenters. The van der Waals surface area contributed by atoms with Gasteiger partial charge in [-0.3, -0.25) is 14.6 Å². The number of nitrogens with zero attached hydrogens (tertiary/aromatic N) is 2. The minimum Gasteiger partial charge on any atom is -0.379 e. The van der Waals surface area contributed by atoms with Crippen molar-refractivity contribution in [3.05, 3.63) is 12.2 Å². The number of carbonyl (C=O) groups excluding carboxylic acids is 1. The highest BCUT2D eigenvalue weighted by atomic mass is 16.5. The van der Waals surface area contributed by atoms with Crippen LogP contribution in [0.1, 0.15) is 27.7 Å². The van der Waals surface area contributed by atoms with Gasteiger partial charge in [-0.15, -0.1) is 0 Å². The number of hydrogen-bond acceptors (Lipinski definition) is 4. The van der Waals surface area contributed by atoms with Crippen molar-refractivity contribution >= 4 is 5.91 Å². The summed E-state index contributed by atoms with van der Waals surface area (Å²) >= 11 is 0. The fraction of sp³-hybridized carbons (Fsp3) is 0.812. The molecule has 0 aliphatic carbocycles. The summed E-state index contributed by atoms with van der Waals surface area (Å²) in [5.41, 5.74) is 1.04. The second-order valence-corrected chi connectivity index (χ2v) is 6.45. The number of nitrogens with one attached hydrogen (secondary N) is 1. The Morgan fingerprint density at radius 2 is 1.95 bits per heavy atom. The largest absolute Gasteiger partial charge is 0.379 e. The van der Waals surface area contributed by atoms with Gasteiger partial charge < -0.3 is 10.1 Å². The Bertz CT molecular complexity index is 349. The van der Waals surface area contributed by atoms with Gasteiger partial charge in [-0.2, -0.15) is 0 Å². The van der Waals surface area contributed by atoms with E-state index in [2.05, 4.69) is 42.5 Å². The molecule has 0 bridgehead atoms. The van der Waals surface area contributed by atoms with Crippen LogP contribution in [0.2, 0.25) is 0 Å². The molecule has 0 aromatic heterocycles. The summed E-state index contributed by atoms with van der Waals surface area (Å²) in [6.45, 7) is 18.4. The average molecular weight is 297 g/mol. The summed E-state index contributed by atoms with van der Waals surface area (Å²) in [6.07, 6.45) is 0. The molecular formula is C16H31N3O2. The maximum absolute atomic E-state index is 12.1. The van der Waals surface area contributed by atoms with Crippen LogP contribution < -0.4 is 5.32 Å². The molecule has 0 radical (unpaired) electrons. The molecule has 0 saturated carbocycles. The second kappa shape index (κ2) is 8.51. The zero-order valence-corrected chi connectivity index (χ0v) is 14.1. The van der Waals surface area contributed by atoms with Crippen molar-refractivity contribution in [1.82, 2.24) is 15.1 Å². The van der Waals surface area contributed by atoms with Crippen molar-refractivity contribution in [2.75, 3.05) is 52.5 Å². The standard InChI is InChI=1S/C16H31N3O2/c1-6-18(11-14(2)3)12-15(20)17-13-16(4,5)19-7-9-21-10-8-19/h2,6-13H2,1,3-5H3,(H,17,20). The number of rotatable bonds is 8. The van der Waals surface area contributed by atoms with Crippen LogP contribution in [-0.2, 0) is 9.53 Å². The molecule has 1 saturated heterocycles. The average Bonchev–Trinajstić information content (AvgIpc) is 2.45. The molecule has 21 heavy (non-hydrogen) atoms. The van der Waals surface area contributed by atoms with E-state index in [1.165, 1.54) is 0 Å². The molecular weight excluding hydrogens is 266 g/mol. The van der Waals surface area contributed by atoms with Gasteiger partial charge in [0.25, 0.3) is 0 Å². The fourth-order valence-electron chi connectivity index (χ4n) is 2.52. The van der Waals surface area contributed by atoms with Gasteiger partial charge in [0.2, 0.25) is 5.91 Å². The third-order valence-corrected chi connectivity index (χ3v) is 3.89. The van der Waals surface area contributed by atoms with E-state index in [1.807, 2.05) is 6.92 Å². The van der Waals surface area contributed by atoms with E-state index >= 15 is 0 Å². The van der Waals surface area contributed by atoms with Crippen molar-refractivity contribution in [2.24, 2.45) is 0 Å². The minimum absolute atomic E-state index is 0.0369. The normalized spacial score (nSPS) is 17.0. The fourth-order valence-corrected chi connectivity index (χ4v) is 2.52. The Balaban J connectivity index is 2.38. The molecule has 1 amide bonds. The zero-order chi connectivity index (χ0) is 15.9. The third kappa shape index (κ3) is 6.59. The lowest BCUT2D eigenvalue weighted by molar-refractivity contribution is -0.122. The summed E-state index contributed by atoms with van der Waals surface area (Å²) < 4.78 is 5.38. The van der Waals surface area contributed by atoms with E-state index < -0.39 is 0 Å². The van der Waals surface area contributed by atoms with Crippen LogP contribution in [-0.4, -0.2) is 73.7 Å². The van der Waals surface area contributed by atoms with Gasteiger partial charge in [0.1, 0.15) is 0 Å². The lowest BCUT2D eigenvalue weighted by Gasteiger charge is -2.41. The Morgan fingerprint density at radius 1 is 1.33 bits per heavy atom. The second-order valence-electron chi connectivity index (χ2n) is 6.45. The highest BCUT2D eigenvalue weighted by molar-refractivity contribution is 5.78. The van der Waals surface area contributed by atoms with E-state index in [1.54, 1.807) is 0 Å². The first-order valence-corrected chi connectivity index (χ1v) is 7.81. The van der Waals surface area contributed by atoms with E-state index in [0.29, 0.717) is 13.1 Å². The summed E-state index contributed by atoms with van der Waals surface area (Å²) in [7, 11) is 0. The minimum atomic E-state index is -0.0369. The Labute approximate surface area is 129 Å². The molecule has 1 aliphatic rings. The number of carbonyl (C=O) groups is 1. The van der Waals surface area contributed by atoms with Crippen molar-refractivity contribution in [3.8, 4) is 0 Å². The molecule has 5 heteroatoms. The van der Waals surface area contributed by atoms with Gasteiger partial charge in [-0.1, -0.05) is 19.1 Å². The molecule has 0 spiro atoms. The molecule has 1 N–H and O–H groups in total. The molecule has 0 atom stereocenters. The molecule has 0 aromatic rings. The van der Waals surface area contributed by atoms with Gasteiger partial charge in [0.05, 0.1) is 19.8 Å². The SMILES string of the molecule is C=C(C)CN(CC)CC(=O)NCC(C)(C)N1CCOCC1.